The normalized spacial score (nSPS) is 23.7. The van der Waals surface area contributed by atoms with E-state index in [-0.39, 0.29) is 0 Å². The molecule has 1 aliphatic carbocycles. The molecule has 3 nitrogen and oxygen atoms in total. The molecule has 2 fully saturated rings. The summed E-state index contributed by atoms with van der Waals surface area (Å²) in [5.41, 5.74) is 1.39. The van der Waals surface area contributed by atoms with Gasteiger partial charge in [0.15, 0.2) is 0 Å². The summed E-state index contributed by atoms with van der Waals surface area (Å²) in [6.07, 6.45) is 5.02. The minimum atomic E-state index is 0.562. The van der Waals surface area contributed by atoms with Crippen molar-refractivity contribution >= 4 is 11.3 Å². The lowest BCUT2D eigenvalue weighted by molar-refractivity contribution is 0.194. The van der Waals surface area contributed by atoms with Gasteiger partial charge in [0.2, 0.25) is 0 Å². The predicted molar refractivity (Wildman–Crippen MR) is 74.3 cm³/mol. The standard InChI is InChI=1S/C14H22N2OS/c1-2-6-15-8-12-13(10-3-4-10)16-14(18-12)11-5-7-17-9-11/h10-11,15H,2-9H2,1H3. The van der Waals surface area contributed by atoms with Crippen LogP contribution < -0.4 is 5.32 Å². The molecule has 1 saturated heterocycles. The Hall–Kier alpha value is -0.450. The Morgan fingerprint density at radius 1 is 1.33 bits per heavy atom. The first-order valence-electron chi connectivity index (χ1n) is 7.16. The van der Waals surface area contributed by atoms with Gasteiger partial charge in [0.05, 0.1) is 17.3 Å². The minimum Gasteiger partial charge on any atom is -0.381 e. The molecule has 0 radical (unpaired) electrons. The van der Waals surface area contributed by atoms with Crippen molar-refractivity contribution in [2.24, 2.45) is 0 Å². The Balaban J connectivity index is 1.73. The summed E-state index contributed by atoms with van der Waals surface area (Å²) >= 11 is 1.92. The zero-order valence-corrected chi connectivity index (χ0v) is 11.9. The zero-order valence-electron chi connectivity index (χ0n) is 11.1. The van der Waals surface area contributed by atoms with Gasteiger partial charge >= 0.3 is 0 Å². The summed E-state index contributed by atoms with van der Waals surface area (Å²) in [6, 6.07) is 0. The zero-order chi connectivity index (χ0) is 12.4. The Morgan fingerprint density at radius 2 is 2.22 bits per heavy atom. The first-order valence-corrected chi connectivity index (χ1v) is 7.98. The topological polar surface area (TPSA) is 34.1 Å². The molecular weight excluding hydrogens is 244 g/mol. The third-order valence-electron chi connectivity index (χ3n) is 3.70. The molecule has 0 amide bonds. The summed E-state index contributed by atoms with van der Waals surface area (Å²) < 4.78 is 5.49. The maximum atomic E-state index is 5.49. The average Bonchev–Trinajstić information content (AvgIpc) is 2.93. The van der Waals surface area contributed by atoms with Gasteiger partial charge in [-0.2, -0.15) is 0 Å². The first-order chi connectivity index (χ1) is 8.88. The fourth-order valence-electron chi connectivity index (χ4n) is 2.47. The van der Waals surface area contributed by atoms with E-state index < -0.39 is 0 Å². The lowest BCUT2D eigenvalue weighted by atomic mass is 10.1. The number of hydrogen-bond donors (Lipinski definition) is 1. The van der Waals surface area contributed by atoms with Gasteiger partial charge in [-0.15, -0.1) is 11.3 Å². The fourth-order valence-corrected chi connectivity index (χ4v) is 3.71. The number of aromatic nitrogens is 1. The molecule has 4 heteroatoms. The number of thiazole rings is 1. The van der Waals surface area contributed by atoms with E-state index in [1.165, 1.54) is 34.8 Å². The fraction of sp³-hybridized carbons (Fsp3) is 0.786. The van der Waals surface area contributed by atoms with Crippen LogP contribution in [0.15, 0.2) is 0 Å². The number of ether oxygens (including phenoxy) is 1. The quantitative estimate of drug-likeness (QED) is 0.804. The second-order valence-corrected chi connectivity index (χ2v) is 6.49. The van der Waals surface area contributed by atoms with Crippen LogP contribution in [0.3, 0.4) is 0 Å². The molecule has 1 aromatic heterocycles. The number of nitrogens with one attached hydrogen (secondary N) is 1. The SMILES string of the molecule is CCCNCc1sc(C2CCOC2)nc1C1CC1. The lowest BCUT2D eigenvalue weighted by Crippen LogP contribution is -2.13. The molecule has 1 atom stereocenters. The van der Waals surface area contributed by atoms with Crippen LogP contribution in [0.25, 0.3) is 0 Å². The number of rotatable bonds is 6. The highest BCUT2D eigenvalue weighted by atomic mass is 32.1. The molecule has 18 heavy (non-hydrogen) atoms. The molecule has 1 unspecified atom stereocenters. The highest BCUT2D eigenvalue weighted by molar-refractivity contribution is 7.11. The van der Waals surface area contributed by atoms with Crippen molar-refractivity contribution in [1.29, 1.82) is 0 Å². The molecule has 3 rings (SSSR count). The van der Waals surface area contributed by atoms with Crippen LogP contribution in [0.2, 0.25) is 0 Å². The maximum Gasteiger partial charge on any atom is 0.0986 e. The monoisotopic (exact) mass is 266 g/mol. The molecular formula is C14H22N2OS. The van der Waals surface area contributed by atoms with Crippen molar-refractivity contribution < 1.29 is 4.74 Å². The second-order valence-electron chi connectivity index (χ2n) is 5.37. The van der Waals surface area contributed by atoms with Gasteiger partial charge in [-0.05, 0) is 32.2 Å². The van der Waals surface area contributed by atoms with Crippen LogP contribution in [0.4, 0.5) is 0 Å². The molecule has 1 aliphatic heterocycles. The van der Waals surface area contributed by atoms with Crippen molar-refractivity contribution in [1.82, 2.24) is 10.3 Å². The van der Waals surface area contributed by atoms with E-state index in [1.54, 1.807) is 0 Å². The van der Waals surface area contributed by atoms with Crippen molar-refractivity contribution in [3.63, 3.8) is 0 Å². The lowest BCUT2D eigenvalue weighted by Gasteiger charge is -2.02. The molecule has 0 spiro atoms. The van der Waals surface area contributed by atoms with E-state index in [4.69, 9.17) is 9.72 Å². The first kappa shape index (κ1) is 12.6. The Labute approximate surface area is 113 Å². The van der Waals surface area contributed by atoms with E-state index in [2.05, 4.69) is 12.2 Å². The highest BCUT2D eigenvalue weighted by Crippen LogP contribution is 2.44. The summed E-state index contributed by atoms with van der Waals surface area (Å²) in [6.45, 7) is 6.10. The van der Waals surface area contributed by atoms with Gasteiger partial charge in [0, 0.05) is 29.9 Å². The van der Waals surface area contributed by atoms with E-state index >= 15 is 0 Å². The molecule has 1 saturated carbocycles. The van der Waals surface area contributed by atoms with Crippen LogP contribution in [0.1, 0.15) is 60.0 Å². The number of hydrogen-bond acceptors (Lipinski definition) is 4. The van der Waals surface area contributed by atoms with E-state index in [9.17, 15) is 0 Å². The molecule has 0 aromatic carbocycles. The van der Waals surface area contributed by atoms with E-state index in [1.807, 2.05) is 11.3 Å². The number of nitrogens with zero attached hydrogens (tertiary/aromatic N) is 1. The van der Waals surface area contributed by atoms with Crippen LogP contribution in [0.5, 0.6) is 0 Å². The van der Waals surface area contributed by atoms with Gasteiger partial charge in [-0.3, -0.25) is 0 Å². The Bertz CT molecular complexity index is 394. The average molecular weight is 266 g/mol. The van der Waals surface area contributed by atoms with Crippen molar-refractivity contribution in [2.45, 2.75) is 51.0 Å². The van der Waals surface area contributed by atoms with Gasteiger partial charge in [-0.25, -0.2) is 4.98 Å². The molecule has 2 aliphatic rings. The third kappa shape index (κ3) is 2.76. The minimum absolute atomic E-state index is 0.562. The van der Waals surface area contributed by atoms with Crippen LogP contribution >= 0.6 is 11.3 Å². The highest BCUT2D eigenvalue weighted by Gasteiger charge is 2.31. The van der Waals surface area contributed by atoms with Gasteiger partial charge in [-0.1, -0.05) is 6.92 Å². The van der Waals surface area contributed by atoms with Gasteiger partial charge < -0.3 is 10.1 Å². The van der Waals surface area contributed by atoms with Crippen LogP contribution in [-0.4, -0.2) is 24.7 Å². The molecule has 1 N–H and O–H groups in total. The van der Waals surface area contributed by atoms with E-state index in [0.29, 0.717) is 5.92 Å². The second kappa shape index (κ2) is 5.68. The largest absolute Gasteiger partial charge is 0.381 e. The maximum absolute atomic E-state index is 5.49. The smallest absolute Gasteiger partial charge is 0.0986 e. The third-order valence-corrected chi connectivity index (χ3v) is 4.93. The Kier molecular flexibility index (Phi) is 3.97. The molecule has 1 aromatic rings. The van der Waals surface area contributed by atoms with Gasteiger partial charge in [0.1, 0.15) is 0 Å². The molecule has 2 heterocycles. The molecule has 0 bridgehead atoms. The van der Waals surface area contributed by atoms with Gasteiger partial charge in [0.25, 0.3) is 0 Å². The van der Waals surface area contributed by atoms with Crippen molar-refractivity contribution in [3.05, 3.63) is 15.6 Å². The summed E-state index contributed by atoms with van der Waals surface area (Å²) in [4.78, 5) is 6.41. The predicted octanol–water partition coefficient (Wildman–Crippen LogP) is 3.02. The summed E-state index contributed by atoms with van der Waals surface area (Å²) in [7, 11) is 0. The summed E-state index contributed by atoms with van der Waals surface area (Å²) in [5, 5.41) is 4.84. The van der Waals surface area contributed by atoms with Crippen molar-refractivity contribution in [3.8, 4) is 0 Å². The molecule has 100 valence electrons. The van der Waals surface area contributed by atoms with E-state index in [0.717, 1.165) is 38.6 Å². The van der Waals surface area contributed by atoms with Crippen LogP contribution in [0, 0.1) is 0 Å². The summed E-state index contributed by atoms with van der Waals surface area (Å²) in [5.74, 6) is 1.32. The van der Waals surface area contributed by atoms with Crippen LogP contribution in [-0.2, 0) is 11.3 Å². The van der Waals surface area contributed by atoms with Crippen molar-refractivity contribution in [2.75, 3.05) is 19.8 Å². The Morgan fingerprint density at radius 3 is 2.89 bits per heavy atom.